The number of thiophene rings is 1. The molecule has 0 saturated carbocycles. The molecule has 1 aromatic carbocycles. The highest BCUT2D eigenvalue weighted by Crippen LogP contribution is 2.29. The molecule has 2 aromatic rings. The normalized spacial score (nSPS) is 13.9. The summed E-state index contributed by atoms with van der Waals surface area (Å²) in [5, 5.41) is 6.48. The predicted octanol–water partition coefficient (Wildman–Crippen LogP) is 2.60. The van der Waals surface area contributed by atoms with Crippen LogP contribution < -0.4 is 5.32 Å². The van der Waals surface area contributed by atoms with Crippen molar-refractivity contribution >= 4 is 31.3 Å². The van der Waals surface area contributed by atoms with Crippen LogP contribution in [0.3, 0.4) is 0 Å². The van der Waals surface area contributed by atoms with Gasteiger partial charge in [-0.2, -0.15) is 0 Å². The quantitative estimate of drug-likeness (QED) is 0.917. The summed E-state index contributed by atoms with van der Waals surface area (Å²) < 4.78 is 24.2. The SMILES string of the molecule is CCNC(CS(C)(=O)=O)c1cccc2ccsc12. The van der Waals surface area contributed by atoms with Gasteiger partial charge in [0, 0.05) is 17.0 Å². The molecule has 2 rings (SSSR count). The highest BCUT2D eigenvalue weighted by molar-refractivity contribution is 7.90. The average molecular weight is 283 g/mol. The summed E-state index contributed by atoms with van der Waals surface area (Å²) in [6, 6.07) is 7.98. The van der Waals surface area contributed by atoms with Gasteiger partial charge in [0.25, 0.3) is 0 Å². The summed E-state index contributed by atoms with van der Waals surface area (Å²) >= 11 is 1.66. The van der Waals surface area contributed by atoms with E-state index in [1.54, 1.807) is 11.3 Å². The standard InChI is InChI=1S/C13H17NO2S2/c1-3-14-12(9-18(2,15)16)11-6-4-5-10-7-8-17-13(10)11/h4-8,12,14H,3,9H2,1-2H3. The van der Waals surface area contributed by atoms with Crippen molar-refractivity contribution in [3.8, 4) is 0 Å². The Morgan fingerprint density at radius 3 is 2.78 bits per heavy atom. The zero-order valence-corrected chi connectivity index (χ0v) is 12.1. The Bertz CT molecular complexity index is 631. The molecule has 0 bridgehead atoms. The molecule has 5 heteroatoms. The Labute approximate surface area is 112 Å². The summed E-state index contributed by atoms with van der Waals surface area (Å²) in [6.07, 6.45) is 1.28. The zero-order valence-electron chi connectivity index (χ0n) is 10.5. The number of benzene rings is 1. The Hall–Kier alpha value is -0.910. The highest BCUT2D eigenvalue weighted by atomic mass is 32.2. The Morgan fingerprint density at radius 1 is 1.33 bits per heavy atom. The number of rotatable bonds is 5. The summed E-state index contributed by atoms with van der Waals surface area (Å²) in [6.45, 7) is 2.74. The minimum absolute atomic E-state index is 0.132. The largest absolute Gasteiger partial charge is 0.309 e. The molecular weight excluding hydrogens is 266 g/mol. The van der Waals surface area contributed by atoms with Crippen molar-refractivity contribution in [1.82, 2.24) is 5.32 Å². The lowest BCUT2D eigenvalue weighted by molar-refractivity contribution is 0.565. The summed E-state index contributed by atoms with van der Waals surface area (Å²) in [4.78, 5) is 0. The van der Waals surface area contributed by atoms with E-state index < -0.39 is 9.84 Å². The van der Waals surface area contributed by atoms with Crippen LogP contribution in [0.5, 0.6) is 0 Å². The van der Waals surface area contributed by atoms with Crippen LogP contribution in [0.4, 0.5) is 0 Å². The predicted molar refractivity (Wildman–Crippen MR) is 78.0 cm³/mol. The van der Waals surface area contributed by atoms with Gasteiger partial charge in [-0.15, -0.1) is 11.3 Å². The summed E-state index contributed by atoms with van der Waals surface area (Å²) in [7, 11) is -3.00. The molecule has 0 amide bonds. The first kappa shape index (κ1) is 13.5. The number of hydrogen-bond donors (Lipinski definition) is 1. The fourth-order valence-electron chi connectivity index (χ4n) is 2.10. The molecule has 1 unspecified atom stereocenters. The molecule has 0 aliphatic rings. The molecule has 0 fully saturated rings. The molecular formula is C13H17NO2S2. The van der Waals surface area contributed by atoms with Crippen LogP contribution in [-0.4, -0.2) is 27.0 Å². The van der Waals surface area contributed by atoms with Crippen molar-refractivity contribution in [3.05, 3.63) is 35.2 Å². The molecule has 3 nitrogen and oxygen atoms in total. The van der Waals surface area contributed by atoms with Gasteiger partial charge in [-0.05, 0) is 28.9 Å². The lowest BCUT2D eigenvalue weighted by atomic mass is 10.1. The van der Waals surface area contributed by atoms with Crippen molar-refractivity contribution in [2.45, 2.75) is 13.0 Å². The third kappa shape index (κ3) is 3.10. The molecule has 1 aromatic heterocycles. The topological polar surface area (TPSA) is 46.2 Å². The van der Waals surface area contributed by atoms with Crippen LogP contribution in [0.25, 0.3) is 10.1 Å². The molecule has 0 radical (unpaired) electrons. The number of hydrogen-bond acceptors (Lipinski definition) is 4. The number of fused-ring (bicyclic) bond motifs is 1. The minimum Gasteiger partial charge on any atom is -0.309 e. The maximum Gasteiger partial charge on any atom is 0.149 e. The van der Waals surface area contributed by atoms with Gasteiger partial charge in [-0.25, -0.2) is 8.42 Å². The second-order valence-corrected chi connectivity index (χ2v) is 7.49. The second kappa shape index (κ2) is 5.38. The Kier molecular flexibility index (Phi) is 4.04. The molecule has 0 aliphatic carbocycles. The monoisotopic (exact) mass is 283 g/mol. The third-order valence-electron chi connectivity index (χ3n) is 2.80. The van der Waals surface area contributed by atoms with E-state index >= 15 is 0 Å². The van der Waals surface area contributed by atoms with E-state index in [1.807, 2.05) is 24.4 Å². The molecule has 0 aliphatic heterocycles. The van der Waals surface area contributed by atoms with Gasteiger partial charge in [0.15, 0.2) is 0 Å². The summed E-state index contributed by atoms with van der Waals surface area (Å²) in [5.74, 6) is 0.137. The molecule has 18 heavy (non-hydrogen) atoms. The van der Waals surface area contributed by atoms with E-state index in [4.69, 9.17) is 0 Å². The van der Waals surface area contributed by atoms with Crippen molar-refractivity contribution < 1.29 is 8.42 Å². The lowest BCUT2D eigenvalue weighted by Crippen LogP contribution is -2.27. The number of nitrogens with one attached hydrogen (secondary N) is 1. The van der Waals surface area contributed by atoms with E-state index in [9.17, 15) is 8.42 Å². The molecule has 1 atom stereocenters. The van der Waals surface area contributed by atoms with Crippen LogP contribution in [0.2, 0.25) is 0 Å². The second-order valence-electron chi connectivity index (χ2n) is 4.39. The van der Waals surface area contributed by atoms with Gasteiger partial charge >= 0.3 is 0 Å². The van der Waals surface area contributed by atoms with E-state index in [2.05, 4.69) is 17.4 Å². The molecule has 1 N–H and O–H groups in total. The number of sulfone groups is 1. The van der Waals surface area contributed by atoms with Crippen LogP contribution in [0.1, 0.15) is 18.5 Å². The van der Waals surface area contributed by atoms with Crippen molar-refractivity contribution in [2.75, 3.05) is 18.6 Å². The summed E-state index contributed by atoms with van der Waals surface area (Å²) in [5.41, 5.74) is 1.08. The molecule has 1 heterocycles. The maximum atomic E-state index is 11.5. The average Bonchev–Trinajstić information content (AvgIpc) is 2.74. The van der Waals surface area contributed by atoms with E-state index in [0.29, 0.717) is 0 Å². The zero-order chi connectivity index (χ0) is 13.2. The van der Waals surface area contributed by atoms with Crippen LogP contribution in [-0.2, 0) is 9.84 Å². The van der Waals surface area contributed by atoms with Crippen molar-refractivity contribution in [3.63, 3.8) is 0 Å². The van der Waals surface area contributed by atoms with Crippen LogP contribution >= 0.6 is 11.3 Å². The fourth-order valence-corrected chi connectivity index (χ4v) is 3.97. The first-order valence-corrected chi connectivity index (χ1v) is 8.82. The van der Waals surface area contributed by atoms with Crippen LogP contribution in [0, 0.1) is 0 Å². The van der Waals surface area contributed by atoms with Gasteiger partial charge in [0.05, 0.1) is 5.75 Å². The van der Waals surface area contributed by atoms with Gasteiger partial charge in [-0.1, -0.05) is 25.1 Å². The minimum atomic E-state index is -3.00. The lowest BCUT2D eigenvalue weighted by Gasteiger charge is -2.18. The highest BCUT2D eigenvalue weighted by Gasteiger charge is 2.18. The molecule has 98 valence electrons. The molecule has 0 spiro atoms. The van der Waals surface area contributed by atoms with Gasteiger partial charge in [0.2, 0.25) is 0 Å². The molecule has 0 saturated heterocycles. The van der Waals surface area contributed by atoms with Crippen molar-refractivity contribution in [2.24, 2.45) is 0 Å². The fraction of sp³-hybridized carbons (Fsp3) is 0.385. The van der Waals surface area contributed by atoms with Gasteiger partial charge in [-0.3, -0.25) is 0 Å². The third-order valence-corrected chi connectivity index (χ3v) is 4.72. The van der Waals surface area contributed by atoms with Crippen LogP contribution in [0.15, 0.2) is 29.6 Å². The van der Waals surface area contributed by atoms with Gasteiger partial charge in [0.1, 0.15) is 9.84 Å². The van der Waals surface area contributed by atoms with Gasteiger partial charge < -0.3 is 5.32 Å². The Morgan fingerprint density at radius 2 is 2.11 bits per heavy atom. The van der Waals surface area contributed by atoms with E-state index in [0.717, 1.165) is 12.1 Å². The van der Waals surface area contributed by atoms with E-state index in [1.165, 1.54) is 16.3 Å². The smallest absolute Gasteiger partial charge is 0.149 e. The van der Waals surface area contributed by atoms with E-state index in [-0.39, 0.29) is 11.8 Å². The first-order chi connectivity index (χ1) is 8.51. The van der Waals surface area contributed by atoms with Crippen molar-refractivity contribution in [1.29, 1.82) is 0 Å². The first-order valence-electron chi connectivity index (χ1n) is 5.88. The maximum absolute atomic E-state index is 11.5. The Balaban J connectivity index is 2.44.